The first-order valence-electron chi connectivity index (χ1n) is 5.79. The molecule has 2 aromatic rings. The molecule has 0 saturated carbocycles. The molecule has 1 aromatic carbocycles. The number of hydrogen-bond acceptors (Lipinski definition) is 6. The molecule has 116 valence electrons. The number of carbonyl (C=O) groups is 1. The minimum Gasteiger partial charge on any atom is -0.467 e. The molecule has 0 spiro atoms. The summed E-state index contributed by atoms with van der Waals surface area (Å²) in [6.07, 6.45) is -5.86. The van der Waals surface area contributed by atoms with Crippen molar-refractivity contribution in [3.8, 4) is 11.8 Å². The van der Waals surface area contributed by atoms with E-state index in [0.717, 1.165) is 7.11 Å². The van der Waals surface area contributed by atoms with Gasteiger partial charge in [-0.15, -0.1) is 0 Å². The fourth-order valence-electron chi connectivity index (χ4n) is 1.34. The van der Waals surface area contributed by atoms with Crippen LogP contribution in [0.25, 0.3) is 0 Å². The summed E-state index contributed by atoms with van der Waals surface area (Å²) < 4.78 is 47.2. The minimum absolute atomic E-state index is 0.206. The van der Waals surface area contributed by atoms with E-state index in [0.29, 0.717) is 0 Å². The number of carbonyl (C=O) groups excluding carboxylic acids is 1. The van der Waals surface area contributed by atoms with Gasteiger partial charge >= 0.3 is 18.3 Å². The number of methoxy groups -OCH3 is 1. The van der Waals surface area contributed by atoms with Crippen molar-refractivity contribution in [2.75, 3.05) is 12.4 Å². The van der Waals surface area contributed by atoms with Crippen molar-refractivity contribution in [1.82, 2.24) is 15.0 Å². The van der Waals surface area contributed by atoms with Crippen LogP contribution in [0.3, 0.4) is 0 Å². The first-order chi connectivity index (χ1) is 10.4. The maximum Gasteiger partial charge on any atom is 0.451 e. The monoisotopic (exact) mass is 314 g/mol. The molecule has 0 saturated heterocycles. The third-order valence-corrected chi connectivity index (χ3v) is 2.22. The van der Waals surface area contributed by atoms with Crippen LogP contribution in [0.5, 0.6) is 11.8 Å². The lowest BCUT2D eigenvalue weighted by Gasteiger charge is -2.09. The van der Waals surface area contributed by atoms with Crippen LogP contribution in [0.4, 0.5) is 23.9 Å². The van der Waals surface area contributed by atoms with E-state index >= 15 is 0 Å². The van der Waals surface area contributed by atoms with Gasteiger partial charge in [0.1, 0.15) is 5.75 Å². The van der Waals surface area contributed by atoms with E-state index in [1.165, 1.54) is 12.1 Å². The van der Waals surface area contributed by atoms with Gasteiger partial charge in [0.25, 0.3) is 0 Å². The highest BCUT2D eigenvalue weighted by molar-refractivity contribution is 5.84. The number of ether oxygens (including phenoxy) is 2. The summed E-state index contributed by atoms with van der Waals surface area (Å²) in [6.45, 7) is 0. The Morgan fingerprint density at radius 2 is 1.82 bits per heavy atom. The van der Waals surface area contributed by atoms with Crippen LogP contribution in [0.1, 0.15) is 5.82 Å². The highest BCUT2D eigenvalue weighted by Gasteiger charge is 2.36. The molecular weight excluding hydrogens is 305 g/mol. The number of hydrogen-bond donors (Lipinski definition) is 1. The molecule has 1 amide bonds. The van der Waals surface area contributed by atoms with Crippen molar-refractivity contribution in [2.45, 2.75) is 6.18 Å². The molecule has 0 aliphatic carbocycles. The van der Waals surface area contributed by atoms with Gasteiger partial charge in [0, 0.05) is 0 Å². The molecule has 22 heavy (non-hydrogen) atoms. The zero-order valence-corrected chi connectivity index (χ0v) is 11.1. The smallest absolute Gasteiger partial charge is 0.451 e. The summed E-state index contributed by atoms with van der Waals surface area (Å²) in [5, 5.41) is 1.97. The van der Waals surface area contributed by atoms with Crippen LogP contribution in [-0.4, -0.2) is 28.2 Å². The van der Waals surface area contributed by atoms with Crippen LogP contribution in [-0.2, 0) is 6.18 Å². The number of nitrogens with one attached hydrogen (secondary N) is 1. The molecule has 0 atom stereocenters. The summed E-state index contributed by atoms with van der Waals surface area (Å²) in [4.78, 5) is 21.2. The van der Waals surface area contributed by atoms with Gasteiger partial charge in [-0.2, -0.15) is 28.1 Å². The summed E-state index contributed by atoms with van der Waals surface area (Å²) in [5.41, 5.74) is 0. The number of rotatable bonds is 3. The molecule has 7 nitrogen and oxygen atoms in total. The molecule has 2 rings (SSSR count). The maximum absolute atomic E-state index is 12.6. The predicted octanol–water partition coefficient (Wildman–Crippen LogP) is 2.51. The third-order valence-electron chi connectivity index (χ3n) is 2.22. The molecule has 1 heterocycles. The topological polar surface area (TPSA) is 86.2 Å². The number of para-hydroxylation sites is 1. The minimum atomic E-state index is -4.81. The van der Waals surface area contributed by atoms with Crippen molar-refractivity contribution in [2.24, 2.45) is 0 Å². The fourth-order valence-corrected chi connectivity index (χ4v) is 1.34. The van der Waals surface area contributed by atoms with Gasteiger partial charge in [0.05, 0.1) is 7.11 Å². The lowest BCUT2D eigenvalue weighted by Crippen LogP contribution is -2.21. The number of amides is 1. The third kappa shape index (κ3) is 4.04. The second kappa shape index (κ2) is 6.24. The van der Waals surface area contributed by atoms with E-state index < -0.39 is 30.1 Å². The molecule has 0 unspecified atom stereocenters. The first kappa shape index (κ1) is 15.5. The molecule has 1 N–H and O–H groups in total. The standard InChI is InChI=1S/C12H9F3N4O3/c1-21-10-17-8(12(13,14)15)16-9(18-10)19-11(20)22-7-5-3-2-4-6-7/h2-6H,1H3,(H,16,17,18,19,20). The Bertz CT molecular complexity index is 664. The number of alkyl halides is 3. The van der Waals surface area contributed by atoms with Crippen LogP contribution in [0.2, 0.25) is 0 Å². The fraction of sp³-hybridized carbons (Fsp3) is 0.167. The maximum atomic E-state index is 12.6. The van der Waals surface area contributed by atoms with Crippen molar-refractivity contribution in [3.63, 3.8) is 0 Å². The van der Waals surface area contributed by atoms with Crippen LogP contribution in [0.15, 0.2) is 30.3 Å². The lowest BCUT2D eigenvalue weighted by molar-refractivity contribution is -0.145. The normalized spacial score (nSPS) is 10.9. The number of halogens is 3. The van der Waals surface area contributed by atoms with E-state index in [2.05, 4.69) is 19.7 Å². The number of anilines is 1. The van der Waals surface area contributed by atoms with E-state index in [4.69, 9.17) is 4.74 Å². The van der Waals surface area contributed by atoms with Crippen LogP contribution < -0.4 is 14.8 Å². The van der Waals surface area contributed by atoms with E-state index in [-0.39, 0.29) is 5.75 Å². The number of nitrogens with zero attached hydrogens (tertiary/aromatic N) is 3. The van der Waals surface area contributed by atoms with Gasteiger partial charge in [-0.05, 0) is 12.1 Å². The Balaban J connectivity index is 2.16. The van der Waals surface area contributed by atoms with Gasteiger partial charge in [-0.3, -0.25) is 5.32 Å². The molecule has 10 heteroatoms. The molecule has 0 fully saturated rings. The van der Waals surface area contributed by atoms with E-state index in [1.807, 2.05) is 5.32 Å². The van der Waals surface area contributed by atoms with Gasteiger partial charge in [0.15, 0.2) is 0 Å². The lowest BCUT2D eigenvalue weighted by atomic mass is 10.3. The van der Waals surface area contributed by atoms with Gasteiger partial charge in [0.2, 0.25) is 11.8 Å². The van der Waals surface area contributed by atoms with Crippen LogP contribution >= 0.6 is 0 Å². The highest BCUT2D eigenvalue weighted by Crippen LogP contribution is 2.27. The van der Waals surface area contributed by atoms with Crippen molar-refractivity contribution in [3.05, 3.63) is 36.2 Å². The quantitative estimate of drug-likeness (QED) is 0.937. The second-order valence-corrected chi connectivity index (χ2v) is 3.79. The average Bonchev–Trinajstić information content (AvgIpc) is 2.46. The Morgan fingerprint density at radius 1 is 1.14 bits per heavy atom. The highest BCUT2D eigenvalue weighted by atomic mass is 19.4. The van der Waals surface area contributed by atoms with E-state index in [1.54, 1.807) is 18.2 Å². The van der Waals surface area contributed by atoms with Crippen molar-refractivity contribution in [1.29, 1.82) is 0 Å². The zero-order valence-electron chi connectivity index (χ0n) is 11.1. The van der Waals surface area contributed by atoms with Gasteiger partial charge in [-0.1, -0.05) is 18.2 Å². The Kier molecular flexibility index (Phi) is 4.39. The van der Waals surface area contributed by atoms with Crippen molar-refractivity contribution >= 4 is 12.0 Å². The molecule has 0 bridgehead atoms. The second-order valence-electron chi connectivity index (χ2n) is 3.79. The summed E-state index contributed by atoms with van der Waals surface area (Å²) in [6, 6.07) is 7.35. The predicted molar refractivity (Wildman–Crippen MR) is 67.5 cm³/mol. The molecule has 0 radical (unpaired) electrons. The van der Waals surface area contributed by atoms with Gasteiger partial charge < -0.3 is 9.47 Å². The Morgan fingerprint density at radius 3 is 2.41 bits per heavy atom. The molecular formula is C12H9F3N4O3. The van der Waals surface area contributed by atoms with Crippen LogP contribution in [0, 0.1) is 0 Å². The number of benzene rings is 1. The summed E-state index contributed by atoms with van der Waals surface area (Å²) in [7, 11) is 1.08. The summed E-state index contributed by atoms with van der Waals surface area (Å²) in [5.74, 6) is -1.92. The first-order valence-corrected chi connectivity index (χ1v) is 5.79. The SMILES string of the molecule is COc1nc(NC(=O)Oc2ccccc2)nc(C(F)(F)F)n1. The Hall–Kier alpha value is -2.91. The number of aromatic nitrogens is 3. The van der Waals surface area contributed by atoms with Gasteiger partial charge in [-0.25, -0.2) is 4.79 Å². The Labute approximate surface area is 122 Å². The zero-order chi connectivity index (χ0) is 16.2. The molecule has 0 aliphatic rings. The van der Waals surface area contributed by atoms with Crippen molar-refractivity contribution < 1.29 is 27.4 Å². The van der Waals surface area contributed by atoms with E-state index in [9.17, 15) is 18.0 Å². The average molecular weight is 314 g/mol. The molecule has 1 aromatic heterocycles. The molecule has 0 aliphatic heterocycles. The summed E-state index contributed by atoms with van der Waals surface area (Å²) >= 11 is 0. The largest absolute Gasteiger partial charge is 0.467 e.